The Morgan fingerprint density at radius 1 is 1.38 bits per heavy atom. The molecule has 3 nitrogen and oxygen atoms in total. The molecule has 3 heteroatoms. The molecule has 1 aromatic rings. The first-order valence-electron chi connectivity index (χ1n) is 5.63. The highest BCUT2D eigenvalue weighted by Gasteiger charge is 2.27. The number of rotatable bonds is 2. The molecule has 84 valence electrons. The number of nitriles is 1. The van der Waals surface area contributed by atoms with E-state index < -0.39 is 6.10 Å². The van der Waals surface area contributed by atoms with Gasteiger partial charge in [-0.05, 0) is 18.5 Å². The van der Waals surface area contributed by atoms with Crippen LogP contribution in [0.15, 0.2) is 30.3 Å². The van der Waals surface area contributed by atoms with Gasteiger partial charge in [-0.3, -0.25) is 4.90 Å². The normalized spacial score (nSPS) is 26.2. The van der Waals surface area contributed by atoms with Gasteiger partial charge in [0.2, 0.25) is 0 Å². The lowest BCUT2D eigenvalue weighted by atomic mass is 9.95. The van der Waals surface area contributed by atoms with E-state index in [-0.39, 0.29) is 5.92 Å². The Hall–Kier alpha value is -1.37. The van der Waals surface area contributed by atoms with Crippen molar-refractivity contribution in [2.24, 2.45) is 5.92 Å². The van der Waals surface area contributed by atoms with Gasteiger partial charge in [-0.2, -0.15) is 5.26 Å². The van der Waals surface area contributed by atoms with E-state index >= 15 is 0 Å². The fourth-order valence-corrected chi connectivity index (χ4v) is 2.13. The van der Waals surface area contributed by atoms with Gasteiger partial charge in [0, 0.05) is 13.1 Å². The van der Waals surface area contributed by atoms with Crippen molar-refractivity contribution >= 4 is 0 Å². The monoisotopic (exact) mass is 216 g/mol. The zero-order chi connectivity index (χ0) is 11.4. The van der Waals surface area contributed by atoms with E-state index in [1.54, 1.807) is 0 Å². The molecule has 1 saturated heterocycles. The van der Waals surface area contributed by atoms with E-state index in [0.29, 0.717) is 6.54 Å². The number of aliphatic hydroxyl groups is 1. The van der Waals surface area contributed by atoms with Crippen molar-refractivity contribution < 1.29 is 5.11 Å². The lowest BCUT2D eigenvalue weighted by Gasteiger charge is -2.32. The van der Waals surface area contributed by atoms with Crippen LogP contribution in [0.2, 0.25) is 0 Å². The second kappa shape index (κ2) is 5.11. The molecule has 16 heavy (non-hydrogen) atoms. The number of hydrogen-bond acceptors (Lipinski definition) is 3. The molecule has 2 rings (SSSR count). The summed E-state index contributed by atoms with van der Waals surface area (Å²) in [6.07, 6.45) is 0.271. The Morgan fingerprint density at radius 2 is 2.12 bits per heavy atom. The van der Waals surface area contributed by atoms with Crippen molar-refractivity contribution in [3.05, 3.63) is 35.9 Å². The van der Waals surface area contributed by atoms with Crippen LogP contribution in [-0.4, -0.2) is 29.2 Å². The smallest absolute Gasteiger partial charge is 0.0825 e. The van der Waals surface area contributed by atoms with Gasteiger partial charge >= 0.3 is 0 Å². The van der Waals surface area contributed by atoms with Crippen LogP contribution < -0.4 is 0 Å². The summed E-state index contributed by atoms with van der Waals surface area (Å²) in [4.78, 5) is 2.20. The predicted octanol–water partition coefficient (Wildman–Crippen LogP) is 1.39. The summed E-state index contributed by atoms with van der Waals surface area (Å²) in [5, 5.41) is 18.6. The summed E-state index contributed by atoms with van der Waals surface area (Å²) >= 11 is 0. The van der Waals surface area contributed by atoms with Crippen LogP contribution in [0.3, 0.4) is 0 Å². The van der Waals surface area contributed by atoms with Gasteiger partial charge in [0.25, 0.3) is 0 Å². The number of hydrogen-bond donors (Lipinski definition) is 1. The number of benzene rings is 1. The molecule has 0 aliphatic carbocycles. The molecular formula is C13H16N2O. The fraction of sp³-hybridized carbons (Fsp3) is 0.462. The largest absolute Gasteiger partial charge is 0.390 e. The Morgan fingerprint density at radius 3 is 2.75 bits per heavy atom. The van der Waals surface area contributed by atoms with E-state index in [4.69, 9.17) is 5.26 Å². The number of β-amino-alcohol motifs (C(OH)–C–C–N with tert-alkyl or cyclic N) is 1. The molecule has 1 N–H and O–H groups in total. The lowest BCUT2D eigenvalue weighted by molar-refractivity contribution is 0.0393. The molecule has 1 aliphatic heterocycles. The molecule has 0 radical (unpaired) electrons. The minimum atomic E-state index is -0.498. The standard InChI is InChI=1S/C13H16N2O/c14-8-12-6-7-15(10-13(12)16)9-11-4-2-1-3-5-11/h1-5,12-13,16H,6-7,9-10H2. The van der Waals surface area contributed by atoms with Crippen molar-refractivity contribution in [3.8, 4) is 6.07 Å². The van der Waals surface area contributed by atoms with Crippen LogP contribution >= 0.6 is 0 Å². The maximum atomic E-state index is 9.75. The summed E-state index contributed by atoms with van der Waals surface area (Å²) in [6, 6.07) is 12.4. The lowest BCUT2D eigenvalue weighted by Crippen LogP contribution is -2.42. The Balaban J connectivity index is 1.92. The van der Waals surface area contributed by atoms with Crippen LogP contribution in [0, 0.1) is 17.2 Å². The van der Waals surface area contributed by atoms with Crippen LogP contribution in [0.25, 0.3) is 0 Å². The van der Waals surface area contributed by atoms with E-state index in [9.17, 15) is 5.11 Å². The zero-order valence-corrected chi connectivity index (χ0v) is 9.21. The second-order valence-electron chi connectivity index (χ2n) is 4.31. The molecule has 0 bridgehead atoms. The minimum absolute atomic E-state index is 0.188. The maximum absolute atomic E-state index is 9.75. The average molecular weight is 216 g/mol. The highest BCUT2D eigenvalue weighted by Crippen LogP contribution is 2.18. The van der Waals surface area contributed by atoms with E-state index in [1.807, 2.05) is 18.2 Å². The molecular weight excluding hydrogens is 200 g/mol. The van der Waals surface area contributed by atoms with Gasteiger partial charge in [-0.15, -0.1) is 0 Å². The molecule has 0 saturated carbocycles. The number of likely N-dealkylation sites (tertiary alicyclic amines) is 1. The Bertz CT molecular complexity index is 371. The molecule has 1 aliphatic rings. The predicted molar refractivity (Wildman–Crippen MR) is 61.4 cm³/mol. The van der Waals surface area contributed by atoms with Crippen LogP contribution in [0.5, 0.6) is 0 Å². The Kier molecular flexibility index (Phi) is 3.55. The molecule has 0 aromatic heterocycles. The Labute approximate surface area is 95.9 Å². The third-order valence-electron chi connectivity index (χ3n) is 3.08. The molecule has 2 atom stereocenters. The van der Waals surface area contributed by atoms with Gasteiger partial charge in [0.1, 0.15) is 0 Å². The molecule has 1 heterocycles. The zero-order valence-electron chi connectivity index (χ0n) is 9.21. The molecule has 0 amide bonds. The van der Waals surface area contributed by atoms with Crippen molar-refractivity contribution in [2.75, 3.05) is 13.1 Å². The van der Waals surface area contributed by atoms with Crippen LogP contribution in [0.1, 0.15) is 12.0 Å². The maximum Gasteiger partial charge on any atom is 0.0825 e. The first-order valence-corrected chi connectivity index (χ1v) is 5.63. The van der Waals surface area contributed by atoms with Crippen LogP contribution in [-0.2, 0) is 6.54 Å². The van der Waals surface area contributed by atoms with Crippen molar-refractivity contribution in [1.29, 1.82) is 5.26 Å². The summed E-state index contributed by atoms with van der Waals surface area (Å²) in [5.74, 6) is -0.188. The number of piperidine rings is 1. The van der Waals surface area contributed by atoms with Gasteiger partial charge in [-0.25, -0.2) is 0 Å². The van der Waals surface area contributed by atoms with Crippen molar-refractivity contribution in [2.45, 2.75) is 19.1 Å². The third-order valence-corrected chi connectivity index (χ3v) is 3.08. The third kappa shape index (κ3) is 2.60. The number of nitrogens with zero attached hydrogens (tertiary/aromatic N) is 2. The fourth-order valence-electron chi connectivity index (χ4n) is 2.13. The highest BCUT2D eigenvalue weighted by atomic mass is 16.3. The van der Waals surface area contributed by atoms with Crippen molar-refractivity contribution in [1.82, 2.24) is 4.90 Å². The van der Waals surface area contributed by atoms with Gasteiger partial charge in [0.05, 0.1) is 18.1 Å². The summed E-state index contributed by atoms with van der Waals surface area (Å²) in [6.45, 7) is 2.35. The number of aliphatic hydroxyl groups excluding tert-OH is 1. The minimum Gasteiger partial charge on any atom is -0.390 e. The topological polar surface area (TPSA) is 47.3 Å². The van der Waals surface area contributed by atoms with E-state index in [2.05, 4.69) is 23.1 Å². The molecule has 0 spiro atoms. The van der Waals surface area contributed by atoms with Gasteiger partial charge in [-0.1, -0.05) is 30.3 Å². The van der Waals surface area contributed by atoms with E-state index in [1.165, 1.54) is 5.56 Å². The van der Waals surface area contributed by atoms with Gasteiger partial charge < -0.3 is 5.11 Å². The first-order chi connectivity index (χ1) is 7.79. The molecule has 2 unspecified atom stereocenters. The average Bonchev–Trinajstić information content (AvgIpc) is 2.31. The SMILES string of the molecule is N#CC1CCN(Cc2ccccc2)CC1O. The summed E-state index contributed by atoms with van der Waals surface area (Å²) in [5.41, 5.74) is 1.25. The second-order valence-corrected chi connectivity index (χ2v) is 4.31. The van der Waals surface area contributed by atoms with Gasteiger partial charge in [0.15, 0.2) is 0 Å². The van der Waals surface area contributed by atoms with E-state index in [0.717, 1.165) is 19.5 Å². The molecule has 1 aromatic carbocycles. The molecule has 1 fully saturated rings. The quantitative estimate of drug-likeness (QED) is 0.812. The summed E-state index contributed by atoms with van der Waals surface area (Å²) < 4.78 is 0. The first kappa shape index (κ1) is 11.1. The van der Waals surface area contributed by atoms with Crippen LogP contribution in [0.4, 0.5) is 0 Å². The van der Waals surface area contributed by atoms with Crippen molar-refractivity contribution in [3.63, 3.8) is 0 Å². The summed E-state index contributed by atoms with van der Waals surface area (Å²) in [7, 11) is 0. The highest BCUT2D eigenvalue weighted by molar-refractivity contribution is 5.14.